The lowest BCUT2D eigenvalue weighted by Crippen LogP contribution is -2.22. The Kier molecular flexibility index (Phi) is 6.20. The Morgan fingerprint density at radius 3 is 2.62 bits per heavy atom. The lowest BCUT2D eigenvalue weighted by atomic mass is 10.0. The number of benzene rings is 1. The Morgan fingerprint density at radius 2 is 2.03 bits per heavy atom. The predicted octanol–water partition coefficient (Wildman–Crippen LogP) is 3.97. The van der Waals surface area contributed by atoms with E-state index in [1.807, 2.05) is 0 Å². The third kappa shape index (κ3) is 4.54. The van der Waals surface area contributed by atoms with Crippen molar-refractivity contribution in [3.8, 4) is 11.3 Å². The van der Waals surface area contributed by atoms with Crippen LogP contribution in [-0.2, 0) is 15.5 Å². The van der Waals surface area contributed by atoms with Crippen molar-refractivity contribution in [1.29, 1.82) is 0 Å². The highest BCUT2D eigenvalue weighted by molar-refractivity contribution is 7.70. The van der Waals surface area contributed by atoms with E-state index in [4.69, 9.17) is 10.5 Å². The first-order valence-electron chi connectivity index (χ1n) is 10.6. The van der Waals surface area contributed by atoms with Crippen molar-refractivity contribution < 1.29 is 27.3 Å². The average molecular weight is 495 g/mol. The number of ether oxygens (including phenoxy) is 1. The molecule has 2 heterocycles. The molecular formula is C22H25F3N5O3P. The number of rotatable bonds is 5. The summed E-state index contributed by atoms with van der Waals surface area (Å²) in [7, 11) is -1.83. The fourth-order valence-corrected chi connectivity index (χ4v) is 5.88. The fourth-order valence-electron chi connectivity index (χ4n) is 4.41. The zero-order valence-electron chi connectivity index (χ0n) is 18.9. The van der Waals surface area contributed by atoms with Gasteiger partial charge in [0.15, 0.2) is 0 Å². The van der Waals surface area contributed by atoms with Gasteiger partial charge in [-0.2, -0.15) is 13.2 Å². The number of esters is 1. The Hall–Kier alpha value is -2.91. The minimum atomic E-state index is -4.70. The summed E-state index contributed by atoms with van der Waals surface area (Å²) < 4.78 is 59.5. The van der Waals surface area contributed by atoms with Crippen LogP contribution in [0.25, 0.3) is 22.2 Å². The molecule has 1 fully saturated rings. The second-order valence-corrected chi connectivity index (χ2v) is 11.9. The molecule has 8 nitrogen and oxygen atoms in total. The van der Waals surface area contributed by atoms with Gasteiger partial charge in [-0.3, -0.25) is 0 Å². The van der Waals surface area contributed by atoms with Crippen LogP contribution in [0, 0.1) is 0 Å². The molecule has 34 heavy (non-hydrogen) atoms. The van der Waals surface area contributed by atoms with Gasteiger partial charge in [0.05, 0.1) is 23.9 Å². The lowest BCUT2D eigenvalue weighted by Gasteiger charge is -2.16. The SMILES string of the molecule is COC(=O)c1ccc2c(-c3nc(N[C@H]4CC[C@H](N)C4)ncc3C(F)(F)F)c[nH]c2c1P(C)(C)=O. The van der Waals surface area contributed by atoms with Gasteiger partial charge in [0, 0.05) is 40.7 Å². The van der Waals surface area contributed by atoms with Gasteiger partial charge in [-0.1, -0.05) is 6.07 Å². The molecule has 1 aliphatic rings. The van der Waals surface area contributed by atoms with Crippen molar-refractivity contribution in [2.24, 2.45) is 5.73 Å². The molecule has 0 radical (unpaired) electrons. The molecular weight excluding hydrogens is 470 g/mol. The van der Waals surface area contributed by atoms with Crippen molar-refractivity contribution in [2.45, 2.75) is 37.5 Å². The van der Waals surface area contributed by atoms with Gasteiger partial charge >= 0.3 is 12.1 Å². The Morgan fingerprint density at radius 1 is 1.29 bits per heavy atom. The van der Waals surface area contributed by atoms with Crippen molar-refractivity contribution in [2.75, 3.05) is 25.8 Å². The third-order valence-electron chi connectivity index (χ3n) is 5.93. The van der Waals surface area contributed by atoms with E-state index in [1.54, 1.807) is 0 Å². The van der Waals surface area contributed by atoms with Gasteiger partial charge in [0.2, 0.25) is 5.95 Å². The summed E-state index contributed by atoms with van der Waals surface area (Å²) in [6.45, 7) is 2.96. The highest BCUT2D eigenvalue weighted by Gasteiger charge is 2.37. The molecule has 4 N–H and O–H groups in total. The summed E-state index contributed by atoms with van der Waals surface area (Å²) in [4.78, 5) is 23.3. The molecule has 0 amide bonds. The number of hydrogen-bond acceptors (Lipinski definition) is 7. The molecule has 2 atom stereocenters. The van der Waals surface area contributed by atoms with Crippen LogP contribution in [0.4, 0.5) is 19.1 Å². The number of aromatic amines is 1. The molecule has 3 aromatic rings. The minimum absolute atomic E-state index is 0.0252. The first-order valence-corrected chi connectivity index (χ1v) is 13.2. The molecule has 0 unspecified atom stereocenters. The summed E-state index contributed by atoms with van der Waals surface area (Å²) in [6.07, 6.45) is -0.311. The minimum Gasteiger partial charge on any atom is -0.465 e. The normalized spacial score (nSPS) is 18.9. The number of alkyl halides is 3. The van der Waals surface area contributed by atoms with Crippen molar-refractivity contribution in [3.05, 3.63) is 35.7 Å². The number of nitrogens with one attached hydrogen (secondary N) is 2. The van der Waals surface area contributed by atoms with Gasteiger partial charge in [-0.05, 0) is 38.7 Å². The average Bonchev–Trinajstić information content (AvgIpc) is 3.36. The van der Waals surface area contributed by atoms with E-state index in [2.05, 4.69) is 20.3 Å². The standard InChI is InChI=1S/C22H25F3N5O3P/c1-33-20(31)14-7-6-13-15(9-27-18(13)19(14)34(2,3)32)17-16(22(23,24)25)10-28-21(30-17)29-12-5-4-11(26)8-12/h6-7,9-12,27H,4-5,8,26H2,1-3H3,(H,28,29,30)/t11-,12-/m0/s1. The summed E-state index contributed by atoms with van der Waals surface area (Å²) >= 11 is 0. The van der Waals surface area contributed by atoms with E-state index < -0.39 is 24.9 Å². The fraction of sp³-hybridized carbons (Fsp3) is 0.409. The van der Waals surface area contributed by atoms with Crippen LogP contribution in [0.3, 0.4) is 0 Å². The molecule has 182 valence electrons. The van der Waals surface area contributed by atoms with E-state index in [9.17, 15) is 22.5 Å². The number of carbonyl (C=O) groups excluding carboxylic acids is 1. The number of methoxy groups -OCH3 is 1. The molecule has 1 aliphatic carbocycles. The van der Waals surface area contributed by atoms with Crippen LogP contribution >= 0.6 is 7.14 Å². The summed E-state index contributed by atoms with van der Waals surface area (Å²) in [5.74, 6) is -0.615. The number of anilines is 1. The molecule has 12 heteroatoms. The molecule has 0 bridgehead atoms. The van der Waals surface area contributed by atoms with Gasteiger partial charge in [0.1, 0.15) is 12.7 Å². The smallest absolute Gasteiger partial charge is 0.419 e. The predicted molar refractivity (Wildman–Crippen MR) is 124 cm³/mol. The first-order chi connectivity index (χ1) is 15.9. The van der Waals surface area contributed by atoms with Crippen molar-refractivity contribution in [3.63, 3.8) is 0 Å². The zero-order valence-corrected chi connectivity index (χ0v) is 19.8. The number of nitrogens with zero attached hydrogens (tertiary/aromatic N) is 2. The molecule has 0 saturated heterocycles. The molecule has 0 aliphatic heterocycles. The van der Waals surface area contributed by atoms with E-state index in [0.717, 1.165) is 19.0 Å². The van der Waals surface area contributed by atoms with Crippen LogP contribution in [0.1, 0.15) is 35.2 Å². The van der Waals surface area contributed by atoms with Crippen LogP contribution in [-0.4, -0.2) is 53.4 Å². The maximum Gasteiger partial charge on any atom is 0.419 e. The maximum atomic E-state index is 13.9. The number of nitrogens with two attached hydrogens (primary N) is 1. The van der Waals surface area contributed by atoms with Crippen molar-refractivity contribution >= 4 is 35.3 Å². The second kappa shape index (κ2) is 8.70. The Labute approximate surface area is 193 Å². The number of aromatic nitrogens is 3. The van der Waals surface area contributed by atoms with Crippen molar-refractivity contribution in [1.82, 2.24) is 15.0 Å². The molecule has 0 spiro atoms. The number of fused-ring (bicyclic) bond motifs is 1. The Balaban J connectivity index is 1.90. The number of hydrogen-bond donors (Lipinski definition) is 3. The maximum absolute atomic E-state index is 13.9. The van der Waals surface area contributed by atoms with E-state index >= 15 is 0 Å². The highest BCUT2D eigenvalue weighted by atomic mass is 31.2. The lowest BCUT2D eigenvalue weighted by molar-refractivity contribution is -0.137. The Bertz CT molecular complexity index is 1300. The highest BCUT2D eigenvalue weighted by Crippen LogP contribution is 2.43. The van der Waals surface area contributed by atoms with Crippen LogP contribution in [0.5, 0.6) is 0 Å². The van der Waals surface area contributed by atoms with E-state index in [-0.39, 0.29) is 40.2 Å². The van der Waals surface area contributed by atoms with E-state index in [1.165, 1.54) is 38.8 Å². The molecule has 1 aromatic carbocycles. The monoisotopic (exact) mass is 495 g/mol. The number of carbonyl (C=O) groups is 1. The largest absolute Gasteiger partial charge is 0.465 e. The van der Waals surface area contributed by atoms with Gasteiger partial charge in [0.25, 0.3) is 0 Å². The first kappa shape index (κ1) is 24.2. The molecule has 4 rings (SSSR count). The van der Waals surface area contributed by atoms with Crippen LogP contribution < -0.4 is 16.4 Å². The molecule has 1 saturated carbocycles. The van der Waals surface area contributed by atoms with Gasteiger partial charge < -0.3 is 25.3 Å². The topological polar surface area (TPSA) is 123 Å². The molecule has 2 aromatic heterocycles. The zero-order chi connectivity index (χ0) is 24.8. The number of halogens is 3. The second-order valence-electron chi connectivity index (χ2n) is 8.80. The summed E-state index contributed by atoms with van der Waals surface area (Å²) in [5.41, 5.74) is 5.16. The van der Waals surface area contributed by atoms with Crippen LogP contribution in [0.15, 0.2) is 24.5 Å². The summed E-state index contributed by atoms with van der Waals surface area (Å²) in [5, 5.41) is 3.65. The van der Waals surface area contributed by atoms with E-state index in [0.29, 0.717) is 17.3 Å². The van der Waals surface area contributed by atoms with Crippen LogP contribution in [0.2, 0.25) is 0 Å². The van der Waals surface area contributed by atoms with Gasteiger partial charge in [-0.25, -0.2) is 14.8 Å². The third-order valence-corrected chi connectivity index (χ3v) is 7.47. The number of H-pyrrole nitrogens is 1. The quantitative estimate of drug-likeness (QED) is 0.362. The summed E-state index contributed by atoms with van der Waals surface area (Å²) in [6, 6.07) is 2.91. The van der Waals surface area contributed by atoms with Gasteiger partial charge in [-0.15, -0.1) is 0 Å².